The summed E-state index contributed by atoms with van der Waals surface area (Å²) >= 11 is 14.9. The molecule has 3 aromatic carbocycles. The van der Waals surface area contributed by atoms with Crippen molar-refractivity contribution in [2.75, 3.05) is 7.11 Å². The standard InChI is InChI=1S/C25H16Cl2F2INO4S/c1-34-21-9-13(8-20(30)23(21)35-12-15-17(27)5-3-7-19(15)29)10-22-24(32)31(25(33)36-22)11-14-16(26)4-2-6-18(14)28/h2-10H,11-12H2,1H3/b22-10-. The fourth-order valence-corrected chi connectivity index (χ4v) is 5.47. The second kappa shape index (κ2) is 11.4. The molecule has 0 aliphatic carbocycles. The Hall–Kier alpha value is -2.34. The molecule has 1 aliphatic rings. The summed E-state index contributed by atoms with van der Waals surface area (Å²) in [6.07, 6.45) is 1.54. The number of rotatable bonds is 7. The Balaban J connectivity index is 1.57. The fraction of sp³-hybridized carbons (Fsp3) is 0.120. The number of benzene rings is 3. The minimum Gasteiger partial charge on any atom is -0.493 e. The molecular weight excluding hydrogens is 646 g/mol. The van der Waals surface area contributed by atoms with E-state index >= 15 is 0 Å². The summed E-state index contributed by atoms with van der Waals surface area (Å²) in [5, 5.41) is -0.161. The number of ether oxygens (including phenoxy) is 2. The summed E-state index contributed by atoms with van der Waals surface area (Å²) in [6, 6.07) is 11.9. The SMILES string of the molecule is COc1cc(/C=C2\SC(=O)N(Cc3c(F)cccc3Cl)C2=O)cc(I)c1OCc1c(F)cccc1Cl. The predicted octanol–water partition coefficient (Wildman–Crippen LogP) is 7.70. The van der Waals surface area contributed by atoms with Crippen LogP contribution < -0.4 is 9.47 Å². The van der Waals surface area contributed by atoms with Gasteiger partial charge in [-0.1, -0.05) is 35.3 Å². The zero-order valence-corrected chi connectivity index (χ0v) is 23.0. The van der Waals surface area contributed by atoms with Gasteiger partial charge in [0, 0.05) is 16.1 Å². The number of halogens is 5. The number of methoxy groups -OCH3 is 1. The Morgan fingerprint density at radius 3 is 2.28 bits per heavy atom. The van der Waals surface area contributed by atoms with Gasteiger partial charge in [-0.25, -0.2) is 8.78 Å². The van der Waals surface area contributed by atoms with Crippen LogP contribution >= 0.6 is 57.6 Å². The molecule has 36 heavy (non-hydrogen) atoms. The van der Waals surface area contributed by atoms with Crippen molar-refractivity contribution < 1.29 is 27.8 Å². The van der Waals surface area contributed by atoms with Gasteiger partial charge in [-0.3, -0.25) is 14.5 Å². The molecule has 4 rings (SSSR count). The van der Waals surface area contributed by atoms with Crippen LogP contribution in [0.3, 0.4) is 0 Å². The second-order valence-electron chi connectivity index (χ2n) is 7.49. The van der Waals surface area contributed by atoms with E-state index in [2.05, 4.69) is 0 Å². The third kappa shape index (κ3) is 5.64. The van der Waals surface area contributed by atoms with Crippen LogP contribution in [0.2, 0.25) is 10.0 Å². The van der Waals surface area contributed by atoms with E-state index in [9.17, 15) is 18.4 Å². The third-order valence-electron chi connectivity index (χ3n) is 5.22. The Bertz CT molecular complexity index is 1360. The first-order valence-corrected chi connectivity index (χ1v) is 13.0. The van der Waals surface area contributed by atoms with Crippen molar-refractivity contribution in [3.05, 3.63) is 95.4 Å². The summed E-state index contributed by atoms with van der Waals surface area (Å²) in [7, 11) is 1.45. The molecule has 2 amide bonds. The van der Waals surface area contributed by atoms with Crippen molar-refractivity contribution in [1.82, 2.24) is 4.90 Å². The van der Waals surface area contributed by atoms with Gasteiger partial charge in [0.1, 0.15) is 18.2 Å². The monoisotopic (exact) mass is 661 g/mol. The quantitative estimate of drug-likeness (QED) is 0.192. The van der Waals surface area contributed by atoms with Gasteiger partial charge in [-0.2, -0.15) is 0 Å². The largest absolute Gasteiger partial charge is 0.493 e. The van der Waals surface area contributed by atoms with E-state index < -0.39 is 22.8 Å². The van der Waals surface area contributed by atoms with Crippen molar-refractivity contribution >= 4 is 74.8 Å². The lowest BCUT2D eigenvalue weighted by molar-refractivity contribution is -0.123. The van der Waals surface area contributed by atoms with E-state index in [4.69, 9.17) is 32.7 Å². The average Bonchev–Trinajstić information content (AvgIpc) is 3.08. The Morgan fingerprint density at radius 2 is 1.67 bits per heavy atom. The van der Waals surface area contributed by atoms with Crippen LogP contribution in [0.1, 0.15) is 16.7 Å². The maximum atomic E-state index is 14.2. The molecule has 0 bridgehead atoms. The van der Waals surface area contributed by atoms with Crippen LogP contribution in [0.25, 0.3) is 6.08 Å². The molecule has 0 unspecified atom stereocenters. The van der Waals surface area contributed by atoms with Gasteiger partial charge in [0.25, 0.3) is 11.1 Å². The van der Waals surface area contributed by atoms with Crippen LogP contribution in [0.15, 0.2) is 53.4 Å². The predicted molar refractivity (Wildman–Crippen MR) is 144 cm³/mol. The molecule has 1 saturated heterocycles. The van der Waals surface area contributed by atoms with E-state index in [1.54, 1.807) is 18.2 Å². The van der Waals surface area contributed by atoms with E-state index in [1.807, 2.05) is 22.6 Å². The zero-order valence-electron chi connectivity index (χ0n) is 18.5. The van der Waals surface area contributed by atoms with Crippen LogP contribution in [0.4, 0.5) is 13.6 Å². The maximum absolute atomic E-state index is 14.2. The second-order valence-corrected chi connectivity index (χ2v) is 10.5. The molecule has 11 heteroatoms. The highest BCUT2D eigenvalue weighted by Gasteiger charge is 2.36. The van der Waals surface area contributed by atoms with Gasteiger partial charge < -0.3 is 9.47 Å². The Morgan fingerprint density at radius 1 is 1.03 bits per heavy atom. The summed E-state index contributed by atoms with van der Waals surface area (Å²) in [6.45, 7) is -0.394. The number of carbonyl (C=O) groups excluding carboxylic acids is 2. The lowest BCUT2D eigenvalue weighted by atomic mass is 10.1. The molecule has 0 radical (unpaired) electrons. The Labute approximate surface area is 233 Å². The third-order valence-corrected chi connectivity index (χ3v) is 7.64. The topological polar surface area (TPSA) is 55.8 Å². The van der Waals surface area contributed by atoms with Gasteiger partial charge in [-0.15, -0.1) is 0 Å². The fourth-order valence-electron chi connectivity index (χ4n) is 3.41. The average molecular weight is 662 g/mol. The van der Waals surface area contributed by atoms with Gasteiger partial charge >= 0.3 is 0 Å². The van der Waals surface area contributed by atoms with E-state index in [1.165, 1.54) is 43.5 Å². The number of carbonyl (C=O) groups is 2. The molecule has 1 heterocycles. The highest BCUT2D eigenvalue weighted by Crippen LogP contribution is 2.39. The summed E-state index contributed by atoms with van der Waals surface area (Å²) in [4.78, 5) is 26.5. The number of hydrogen-bond acceptors (Lipinski definition) is 5. The van der Waals surface area contributed by atoms with E-state index in [0.29, 0.717) is 20.6 Å². The van der Waals surface area contributed by atoms with Crippen LogP contribution in [-0.4, -0.2) is 23.2 Å². The summed E-state index contributed by atoms with van der Waals surface area (Å²) < 4.78 is 40.2. The highest BCUT2D eigenvalue weighted by atomic mass is 127. The minimum atomic E-state index is -0.600. The first-order valence-electron chi connectivity index (χ1n) is 10.3. The van der Waals surface area contributed by atoms with Gasteiger partial charge in [0.05, 0.1) is 27.2 Å². The van der Waals surface area contributed by atoms with Crippen molar-refractivity contribution in [3.63, 3.8) is 0 Å². The molecule has 0 atom stereocenters. The molecule has 0 N–H and O–H groups in total. The molecule has 0 saturated carbocycles. The lowest BCUT2D eigenvalue weighted by Crippen LogP contribution is -2.28. The summed E-state index contributed by atoms with van der Waals surface area (Å²) in [5.74, 6) is -0.930. The lowest BCUT2D eigenvalue weighted by Gasteiger charge is -2.15. The smallest absolute Gasteiger partial charge is 0.293 e. The number of hydrogen-bond donors (Lipinski definition) is 0. The number of nitrogens with zero attached hydrogens (tertiary/aromatic N) is 1. The van der Waals surface area contributed by atoms with Gasteiger partial charge in [0.2, 0.25) is 0 Å². The summed E-state index contributed by atoms with van der Waals surface area (Å²) in [5.41, 5.74) is 0.849. The van der Waals surface area contributed by atoms with Gasteiger partial charge in [0.15, 0.2) is 11.5 Å². The number of thioether (sulfide) groups is 1. The minimum absolute atomic E-state index is 0.0652. The van der Waals surface area contributed by atoms with Crippen molar-refractivity contribution in [2.45, 2.75) is 13.2 Å². The first kappa shape index (κ1) is 26.7. The zero-order chi connectivity index (χ0) is 26.0. The van der Waals surface area contributed by atoms with E-state index in [0.717, 1.165) is 16.7 Å². The normalized spacial score (nSPS) is 14.6. The van der Waals surface area contributed by atoms with Gasteiger partial charge in [-0.05, 0) is 82.4 Å². The van der Waals surface area contributed by atoms with Crippen LogP contribution in [-0.2, 0) is 17.9 Å². The number of amides is 2. The molecule has 0 aromatic heterocycles. The van der Waals surface area contributed by atoms with Crippen molar-refractivity contribution in [3.8, 4) is 11.5 Å². The van der Waals surface area contributed by atoms with Crippen LogP contribution in [0.5, 0.6) is 11.5 Å². The molecule has 3 aromatic rings. The molecule has 186 valence electrons. The number of imide groups is 1. The highest BCUT2D eigenvalue weighted by molar-refractivity contribution is 14.1. The van der Waals surface area contributed by atoms with E-state index in [-0.39, 0.29) is 39.2 Å². The molecule has 1 aliphatic heterocycles. The molecular formula is C25H16Cl2F2INO4S. The molecule has 5 nitrogen and oxygen atoms in total. The van der Waals surface area contributed by atoms with Crippen LogP contribution in [0, 0.1) is 15.2 Å². The van der Waals surface area contributed by atoms with Crippen molar-refractivity contribution in [2.24, 2.45) is 0 Å². The molecule has 0 spiro atoms. The molecule has 1 fully saturated rings. The first-order chi connectivity index (χ1) is 17.2. The van der Waals surface area contributed by atoms with Crippen molar-refractivity contribution in [1.29, 1.82) is 0 Å². The Kier molecular flexibility index (Phi) is 8.44. The maximum Gasteiger partial charge on any atom is 0.293 e.